The first kappa shape index (κ1) is 47.8. The Balaban J connectivity index is 1.98. The van der Waals surface area contributed by atoms with Crippen LogP contribution in [0.1, 0.15) is 90.9 Å². The Morgan fingerprint density at radius 1 is 0.685 bits per heavy atom. The maximum absolute atomic E-state index is 12.9. The highest BCUT2D eigenvalue weighted by molar-refractivity contribution is 5.76. The van der Waals surface area contributed by atoms with Crippen LogP contribution in [-0.4, -0.2) is 140 Å². The Bertz CT molecular complexity index is 1140. The fourth-order valence-corrected chi connectivity index (χ4v) is 5.94. The van der Waals surface area contributed by atoms with Crippen molar-refractivity contribution < 1.29 is 64.6 Å². The number of aliphatic hydroxyl groups is 8. The molecule has 2 rings (SSSR count). The Labute approximate surface area is 320 Å². The molecular formula is C40H67NO13. The van der Waals surface area contributed by atoms with Crippen LogP contribution in [0.15, 0.2) is 60.8 Å². The number of unbranched alkanes of at least 4 members (excludes halogenated alkanes) is 5. The molecule has 2 heterocycles. The summed E-state index contributed by atoms with van der Waals surface area (Å²) in [6.07, 6.45) is 13.3. The summed E-state index contributed by atoms with van der Waals surface area (Å²) in [5.41, 5.74) is 0. The van der Waals surface area contributed by atoms with Gasteiger partial charge in [0.15, 0.2) is 12.6 Å². The SMILES string of the molecule is CC/C=C\C/C=C\C/C=C\C/C=C\CCC(=O)NC(COC1OC(CO)C(OC2OC(CO)C(O)C(O)C2O)C(O)C1O)C(O)/C=C/CCCCCCC. The molecule has 54 heavy (non-hydrogen) atoms. The molecule has 0 bridgehead atoms. The summed E-state index contributed by atoms with van der Waals surface area (Å²) in [5.74, 6) is -0.329. The lowest BCUT2D eigenvalue weighted by Gasteiger charge is -2.46. The van der Waals surface area contributed by atoms with Crippen molar-refractivity contribution in [2.45, 2.75) is 164 Å². The average molecular weight is 770 g/mol. The molecular weight excluding hydrogens is 702 g/mol. The second-order valence-corrected chi connectivity index (χ2v) is 13.7. The van der Waals surface area contributed by atoms with E-state index in [0.29, 0.717) is 6.42 Å². The van der Waals surface area contributed by atoms with Gasteiger partial charge in [-0.1, -0.05) is 100 Å². The standard InChI is InChI=1S/C40H67NO13/c1-3-5-7-9-11-12-13-14-15-16-18-20-22-24-32(45)41-28(29(44)23-21-19-17-10-8-6-4-2)27-51-39-37(50)35(48)38(31(26-43)53-39)54-40-36(49)34(47)33(46)30(25-42)52-40/h5,7,11-12,14-15,18,20-21,23,28-31,33-40,42-44,46-50H,3-4,6,8-10,13,16-17,19,22,24-27H2,1-2H3,(H,41,45)/b7-5-,12-11-,15-14-,20-18-,23-21+. The smallest absolute Gasteiger partial charge is 0.220 e. The van der Waals surface area contributed by atoms with E-state index in [2.05, 4.69) is 55.6 Å². The zero-order valence-electron chi connectivity index (χ0n) is 31.9. The monoisotopic (exact) mass is 769 g/mol. The number of carbonyl (C=O) groups is 1. The van der Waals surface area contributed by atoms with Crippen LogP contribution in [0, 0.1) is 0 Å². The summed E-state index contributed by atoms with van der Waals surface area (Å²) in [5, 5.41) is 85.8. The summed E-state index contributed by atoms with van der Waals surface area (Å²) >= 11 is 0. The highest BCUT2D eigenvalue weighted by Crippen LogP contribution is 2.29. The van der Waals surface area contributed by atoms with Crippen molar-refractivity contribution in [3.05, 3.63) is 60.8 Å². The predicted octanol–water partition coefficient (Wildman–Crippen LogP) is 1.97. The Kier molecular flexibility index (Phi) is 24.9. The average Bonchev–Trinajstić information content (AvgIpc) is 3.17. The molecule has 9 N–H and O–H groups in total. The van der Waals surface area contributed by atoms with Crippen molar-refractivity contribution in [2.75, 3.05) is 19.8 Å². The first-order valence-electron chi connectivity index (χ1n) is 19.5. The van der Waals surface area contributed by atoms with Crippen LogP contribution in [0.2, 0.25) is 0 Å². The van der Waals surface area contributed by atoms with Crippen LogP contribution in [0.4, 0.5) is 0 Å². The number of aliphatic hydroxyl groups excluding tert-OH is 8. The van der Waals surface area contributed by atoms with E-state index in [-0.39, 0.29) is 18.9 Å². The molecule has 310 valence electrons. The number of rotatable bonds is 26. The number of allylic oxidation sites excluding steroid dienone is 9. The van der Waals surface area contributed by atoms with Crippen molar-refractivity contribution in [1.82, 2.24) is 5.32 Å². The maximum Gasteiger partial charge on any atom is 0.220 e. The second-order valence-electron chi connectivity index (χ2n) is 13.7. The van der Waals surface area contributed by atoms with Crippen LogP contribution < -0.4 is 5.32 Å². The molecule has 14 heteroatoms. The van der Waals surface area contributed by atoms with Crippen LogP contribution in [0.25, 0.3) is 0 Å². The molecule has 2 aliphatic heterocycles. The molecule has 0 aliphatic carbocycles. The van der Waals surface area contributed by atoms with Gasteiger partial charge in [0.25, 0.3) is 0 Å². The van der Waals surface area contributed by atoms with Crippen LogP contribution in [-0.2, 0) is 23.7 Å². The van der Waals surface area contributed by atoms with Gasteiger partial charge < -0.3 is 65.1 Å². The van der Waals surface area contributed by atoms with E-state index in [4.69, 9.17) is 18.9 Å². The van der Waals surface area contributed by atoms with E-state index in [1.54, 1.807) is 6.08 Å². The Hall–Kier alpha value is -2.31. The van der Waals surface area contributed by atoms with E-state index in [1.807, 2.05) is 18.2 Å². The number of ether oxygens (including phenoxy) is 4. The lowest BCUT2D eigenvalue weighted by Crippen LogP contribution is -2.65. The van der Waals surface area contributed by atoms with Crippen LogP contribution >= 0.6 is 0 Å². The third-order valence-corrected chi connectivity index (χ3v) is 9.22. The van der Waals surface area contributed by atoms with E-state index in [9.17, 15) is 45.6 Å². The van der Waals surface area contributed by atoms with Gasteiger partial charge in [-0.05, 0) is 44.9 Å². The third kappa shape index (κ3) is 17.2. The molecule has 2 aliphatic rings. The van der Waals surface area contributed by atoms with Gasteiger partial charge in [-0.2, -0.15) is 0 Å². The van der Waals surface area contributed by atoms with Gasteiger partial charge in [0.2, 0.25) is 5.91 Å². The molecule has 0 radical (unpaired) electrons. The van der Waals surface area contributed by atoms with Gasteiger partial charge in [0.1, 0.15) is 48.8 Å². The molecule has 2 fully saturated rings. The highest BCUT2D eigenvalue weighted by atomic mass is 16.7. The van der Waals surface area contributed by atoms with Gasteiger partial charge in [0, 0.05) is 6.42 Å². The summed E-state index contributed by atoms with van der Waals surface area (Å²) < 4.78 is 22.4. The molecule has 1 amide bonds. The van der Waals surface area contributed by atoms with Crippen molar-refractivity contribution in [3.63, 3.8) is 0 Å². The second kappa shape index (κ2) is 28.1. The molecule has 0 spiro atoms. The topological polar surface area (TPSA) is 228 Å². The van der Waals surface area contributed by atoms with Gasteiger partial charge in [-0.3, -0.25) is 4.79 Å². The van der Waals surface area contributed by atoms with Gasteiger partial charge in [-0.15, -0.1) is 0 Å². The summed E-state index contributed by atoms with van der Waals surface area (Å²) in [6, 6.07) is -0.949. The zero-order chi connectivity index (χ0) is 39.7. The van der Waals surface area contributed by atoms with Crippen molar-refractivity contribution in [2.24, 2.45) is 0 Å². The number of carbonyl (C=O) groups excluding carboxylic acids is 1. The van der Waals surface area contributed by atoms with Crippen molar-refractivity contribution >= 4 is 5.91 Å². The summed E-state index contributed by atoms with van der Waals surface area (Å²) in [4.78, 5) is 12.9. The molecule has 14 nitrogen and oxygen atoms in total. The molecule has 0 aromatic carbocycles. The van der Waals surface area contributed by atoms with Gasteiger partial charge in [0.05, 0.1) is 32.0 Å². The molecule has 0 aromatic heterocycles. The fraction of sp³-hybridized carbons (Fsp3) is 0.725. The molecule has 2 saturated heterocycles. The molecule has 0 saturated carbocycles. The lowest BCUT2D eigenvalue weighted by atomic mass is 9.97. The maximum atomic E-state index is 12.9. The minimum atomic E-state index is -1.79. The Morgan fingerprint density at radius 2 is 1.28 bits per heavy atom. The minimum Gasteiger partial charge on any atom is -0.394 e. The summed E-state index contributed by atoms with van der Waals surface area (Å²) in [6.45, 7) is 2.48. The van der Waals surface area contributed by atoms with Crippen molar-refractivity contribution in [1.29, 1.82) is 0 Å². The zero-order valence-corrected chi connectivity index (χ0v) is 31.9. The van der Waals surface area contributed by atoms with E-state index >= 15 is 0 Å². The van der Waals surface area contributed by atoms with E-state index in [1.165, 1.54) is 6.42 Å². The number of nitrogens with one attached hydrogen (secondary N) is 1. The molecule has 12 atom stereocenters. The lowest BCUT2D eigenvalue weighted by molar-refractivity contribution is -0.359. The largest absolute Gasteiger partial charge is 0.394 e. The quantitative estimate of drug-likeness (QED) is 0.0454. The normalized spacial score (nSPS) is 30.7. The van der Waals surface area contributed by atoms with Crippen LogP contribution in [0.3, 0.4) is 0 Å². The minimum absolute atomic E-state index is 0.156. The molecule has 12 unspecified atom stereocenters. The highest BCUT2D eigenvalue weighted by Gasteiger charge is 2.50. The number of hydrogen-bond donors (Lipinski definition) is 9. The van der Waals surface area contributed by atoms with E-state index < -0.39 is 86.8 Å². The predicted molar refractivity (Wildman–Crippen MR) is 203 cm³/mol. The summed E-state index contributed by atoms with van der Waals surface area (Å²) in [7, 11) is 0. The first-order chi connectivity index (χ1) is 26.1. The first-order valence-corrected chi connectivity index (χ1v) is 19.5. The fourth-order valence-electron chi connectivity index (χ4n) is 5.94. The van der Waals surface area contributed by atoms with Crippen molar-refractivity contribution in [3.8, 4) is 0 Å². The third-order valence-electron chi connectivity index (χ3n) is 9.22. The van der Waals surface area contributed by atoms with Crippen LogP contribution in [0.5, 0.6) is 0 Å². The number of amides is 1. The molecule has 0 aromatic rings. The van der Waals surface area contributed by atoms with Gasteiger partial charge in [-0.25, -0.2) is 0 Å². The van der Waals surface area contributed by atoms with Gasteiger partial charge >= 0.3 is 0 Å². The Morgan fingerprint density at radius 3 is 1.91 bits per heavy atom. The number of hydrogen-bond acceptors (Lipinski definition) is 13. The van der Waals surface area contributed by atoms with E-state index in [0.717, 1.165) is 57.8 Å².